The van der Waals surface area contributed by atoms with E-state index in [1.807, 2.05) is 24.3 Å². The molecule has 1 N–H and O–H groups in total. The van der Waals surface area contributed by atoms with E-state index in [-0.39, 0.29) is 16.8 Å². The third-order valence-electron chi connectivity index (χ3n) is 3.48. The van der Waals surface area contributed by atoms with Crippen molar-refractivity contribution < 1.29 is 4.79 Å². The highest BCUT2D eigenvalue weighted by Crippen LogP contribution is 2.08. The van der Waals surface area contributed by atoms with Gasteiger partial charge in [0.25, 0.3) is 0 Å². The van der Waals surface area contributed by atoms with Crippen LogP contribution in [0.15, 0.2) is 59.4 Å². The molecule has 0 aromatic heterocycles. The zero-order valence-electron chi connectivity index (χ0n) is 12.8. The van der Waals surface area contributed by atoms with Gasteiger partial charge in [-0.3, -0.25) is 9.59 Å². The number of carbonyl (C=O) groups excluding carboxylic acids is 1. The molecule has 0 saturated heterocycles. The van der Waals surface area contributed by atoms with Crippen LogP contribution in [0.2, 0.25) is 0 Å². The highest BCUT2D eigenvalue weighted by Gasteiger charge is 2.08. The van der Waals surface area contributed by atoms with Crippen LogP contribution >= 0.6 is 0 Å². The van der Waals surface area contributed by atoms with E-state index in [0.717, 1.165) is 12.0 Å². The van der Waals surface area contributed by atoms with E-state index in [0.29, 0.717) is 5.69 Å². The minimum atomic E-state index is -0.294. The van der Waals surface area contributed by atoms with E-state index >= 15 is 0 Å². The van der Waals surface area contributed by atoms with Gasteiger partial charge < -0.3 is 5.32 Å². The second kappa shape index (κ2) is 7.36. The number of anilines is 1. The molecule has 0 spiro atoms. The summed E-state index contributed by atoms with van der Waals surface area (Å²) in [5, 5.41) is 2.81. The number of hydrogen-bond donors (Lipinski definition) is 1. The standard InChI is InChI=1S/C19H19NO2/c1-3-14-8-10-15(11-9-14)12-13-18(21)16-6-4-5-7-17(20-2)19(16)22/h4-13H,3H2,1-2H3,(H,20,22)/b13-12+. The Kier molecular flexibility index (Phi) is 5.26. The Bertz CT molecular complexity index is 746. The molecule has 0 unspecified atom stereocenters. The number of nitrogens with one attached hydrogen (secondary N) is 1. The number of rotatable bonds is 5. The maximum absolute atomic E-state index is 12.3. The van der Waals surface area contributed by atoms with Crippen LogP contribution in [0.4, 0.5) is 5.69 Å². The van der Waals surface area contributed by atoms with Crippen molar-refractivity contribution in [2.24, 2.45) is 0 Å². The van der Waals surface area contributed by atoms with Crippen LogP contribution in [0.1, 0.15) is 28.4 Å². The van der Waals surface area contributed by atoms with Crippen molar-refractivity contribution in [3.05, 3.63) is 81.5 Å². The van der Waals surface area contributed by atoms with Crippen molar-refractivity contribution in [1.29, 1.82) is 0 Å². The first-order chi connectivity index (χ1) is 10.7. The molecular formula is C19H19NO2. The number of benzene rings is 1. The lowest BCUT2D eigenvalue weighted by molar-refractivity contribution is 0.104. The largest absolute Gasteiger partial charge is 0.385 e. The molecule has 0 radical (unpaired) electrons. The number of hydrogen-bond acceptors (Lipinski definition) is 3. The van der Waals surface area contributed by atoms with Crippen molar-refractivity contribution in [3.8, 4) is 0 Å². The molecule has 2 aromatic rings. The van der Waals surface area contributed by atoms with Crippen LogP contribution in [-0.2, 0) is 6.42 Å². The summed E-state index contributed by atoms with van der Waals surface area (Å²) >= 11 is 0. The van der Waals surface area contributed by atoms with Gasteiger partial charge in [-0.25, -0.2) is 0 Å². The van der Waals surface area contributed by atoms with E-state index in [1.165, 1.54) is 11.6 Å². The second-order valence-electron chi connectivity index (χ2n) is 4.92. The van der Waals surface area contributed by atoms with E-state index in [2.05, 4.69) is 12.2 Å². The summed E-state index contributed by atoms with van der Waals surface area (Å²) in [4.78, 5) is 24.5. The Balaban J connectivity index is 2.27. The molecule has 0 bridgehead atoms. The quantitative estimate of drug-likeness (QED) is 0.677. The highest BCUT2D eigenvalue weighted by atomic mass is 16.1. The van der Waals surface area contributed by atoms with Crippen LogP contribution in [0, 0.1) is 0 Å². The topological polar surface area (TPSA) is 46.2 Å². The summed E-state index contributed by atoms with van der Waals surface area (Å²) in [5.74, 6) is -0.294. The van der Waals surface area contributed by atoms with Gasteiger partial charge in [0, 0.05) is 7.05 Å². The Morgan fingerprint density at radius 3 is 2.41 bits per heavy atom. The van der Waals surface area contributed by atoms with Gasteiger partial charge in [0.05, 0.1) is 11.3 Å². The van der Waals surface area contributed by atoms with Gasteiger partial charge >= 0.3 is 0 Å². The molecule has 0 aliphatic carbocycles. The number of carbonyl (C=O) groups is 1. The Hall–Kier alpha value is -2.68. The summed E-state index contributed by atoms with van der Waals surface area (Å²) in [6, 6.07) is 14.6. The fraction of sp³-hybridized carbons (Fsp3) is 0.158. The lowest BCUT2D eigenvalue weighted by Gasteiger charge is -1.98. The zero-order valence-corrected chi connectivity index (χ0v) is 12.8. The van der Waals surface area contributed by atoms with Crippen LogP contribution in [0.25, 0.3) is 6.08 Å². The molecule has 2 rings (SSSR count). The third-order valence-corrected chi connectivity index (χ3v) is 3.48. The zero-order chi connectivity index (χ0) is 15.9. The SMILES string of the molecule is CCc1ccc(/C=C/C(=O)c2ccccc(NC)c2=O)cc1. The van der Waals surface area contributed by atoms with Crippen LogP contribution in [-0.4, -0.2) is 12.8 Å². The summed E-state index contributed by atoms with van der Waals surface area (Å²) in [6.07, 6.45) is 4.15. The Labute approximate surface area is 130 Å². The first kappa shape index (κ1) is 15.7. The number of aryl methyl sites for hydroxylation is 1. The smallest absolute Gasteiger partial charge is 0.212 e. The molecule has 22 heavy (non-hydrogen) atoms. The van der Waals surface area contributed by atoms with E-state index in [4.69, 9.17) is 0 Å². The van der Waals surface area contributed by atoms with Crippen LogP contribution in [0.3, 0.4) is 0 Å². The van der Waals surface area contributed by atoms with Gasteiger partial charge in [-0.05, 0) is 35.8 Å². The molecule has 3 nitrogen and oxygen atoms in total. The average molecular weight is 293 g/mol. The van der Waals surface area contributed by atoms with E-state index < -0.39 is 0 Å². The second-order valence-corrected chi connectivity index (χ2v) is 4.92. The molecule has 0 heterocycles. The maximum atomic E-state index is 12.3. The first-order valence-corrected chi connectivity index (χ1v) is 7.28. The number of ketones is 1. The van der Waals surface area contributed by atoms with Crippen molar-refractivity contribution >= 4 is 17.5 Å². The first-order valence-electron chi connectivity index (χ1n) is 7.28. The maximum Gasteiger partial charge on any atom is 0.212 e. The van der Waals surface area contributed by atoms with Crippen LogP contribution < -0.4 is 10.7 Å². The van der Waals surface area contributed by atoms with Crippen molar-refractivity contribution in [3.63, 3.8) is 0 Å². The fourth-order valence-corrected chi connectivity index (χ4v) is 2.12. The number of allylic oxidation sites excluding steroid dienone is 1. The normalized spacial score (nSPS) is 10.6. The Morgan fingerprint density at radius 2 is 1.77 bits per heavy atom. The van der Waals surface area contributed by atoms with Crippen molar-refractivity contribution in [2.75, 3.05) is 12.4 Å². The molecule has 0 fully saturated rings. The third kappa shape index (κ3) is 3.70. The predicted octanol–water partition coefficient (Wildman–Crippen LogP) is 3.55. The summed E-state index contributed by atoms with van der Waals surface area (Å²) in [5.41, 5.74) is 2.47. The minimum Gasteiger partial charge on any atom is -0.385 e. The van der Waals surface area contributed by atoms with Gasteiger partial charge in [-0.2, -0.15) is 0 Å². The van der Waals surface area contributed by atoms with Crippen molar-refractivity contribution in [1.82, 2.24) is 0 Å². The van der Waals surface area contributed by atoms with Gasteiger partial charge in [-0.1, -0.05) is 49.4 Å². The molecule has 0 aliphatic rings. The summed E-state index contributed by atoms with van der Waals surface area (Å²) < 4.78 is 0. The molecule has 0 saturated carbocycles. The van der Waals surface area contributed by atoms with E-state index in [9.17, 15) is 9.59 Å². The average Bonchev–Trinajstić information content (AvgIpc) is 2.74. The summed E-state index contributed by atoms with van der Waals surface area (Å²) in [7, 11) is 1.66. The molecule has 0 atom stereocenters. The fourth-order valence-electron chi connectivity index (χ4n) is 2.12. The monoisotopic (exact) mass is 293 g/mol. The van der Waals surface area contributed by atoms with E-state index in [1.54, 1.807) is 37.4 Å². The van der Waals surface area contributed by atoms with Crippen molar-refractivity contribution in [2.45, 2.75) is 13.3 Å². The molecule has 3 heteroatoms. The van der Waals surface area contributed by atoms with Gasteiger partial charge in [-0.15, -0.1) is 0 Å². The minimum absolute atomic E-state index is 0.163. The molecule has 2 aromatic carbocycles. The van der Waals surface area contributed by atoms with Gasteiger partial charge in [0.1, 0.15) is 0 Å². The van der Waals surface area contributed by atoms with Gasteiger partial charge in [0.2, 0.25) is 5.43 Å². The lowest BCUT2D eigenvalue weighted by Crippen LogP contribution is -2.14. The molecule has 0 aliphatic heterocycles. The molecule has 0 amide bonds. The molecular weight excluding hydrogens is 274 g/mol. The van der Waals surface area contributed by atoms with Gasteiger partial charge in [0.15, 0.2) is 5.78 Å². The highest BCUT2D eigenvalue weighted by molar-refractivity contribution is 6.07. The van der Waals surface area contributed by atoms with Crippen LogP contribution in [0.5, 0.6) is 0 Å². The lowest BCUT2D eigenvalue weighted by atomic mass is 10.1. The summed E-state index contributed by atoms with van der Waals surface area (Å²) in [6.45, 7) is 2.10. The molecule has 112 valence electrons. The predicted molar refractivity (Wildman–Crippen MR) is 91.4 cm³/mol. The Morgan fingerprint density at radius 1 is 1.09 bits per heavy atom.